The summed E-state index contributed by atoms with van der Waals surface area (Å²) in [4.78, 5) is 14.6. The summed E-state index contributed by atoms with van der Waals surface area (Å²) in [6.07, 6.45) is 9.62. The van der Waals surface area contributed by atoms with Gasteiger partial charge in [-0.15, -0.1) is 0 Å². The summed E-state index contributed by atoms with van der Waals surface area (Å²) in [7, 11) is 0. The van der Waals surface area contributed by atoms with Crippen LogP contribution < -0.4 is 9.80 Å². The lowest BCUT2D eigenvalue weighted by atomic mass is 10.1. The van der Waals surface area contributed by atoms with E-state index in [0.717, 1.165) is 48.3 Å². The second kappa shape index (κ2) is 14.4. The number of nitrogens with zero attached hydrogens (tertiary/aromatic N) is 4. The zero-order chi connectivity index (χ0) is 29.3. The van der Waals surface area contributed by atoms with Crippen LogP contribution in [0.25, 0.3) is 45.1 Å². The zero-order valence-electron chi connectivity index (χ0n) is 25.9. The monoisotopic (exact) mass is 566 g/mol. The van der Waals surface area contributed by atoms with Crippen molar-refractivity contribution in [1.29, 1.82) is 0 Å². The van der Waals surface area contributed by atoms with Crippen LogP contribution in [0.3, 0.4) is 0 Å². The molecule has 5 aromatic rings. The van der Waals surface area contributed by atoms with Crippen LogP contribution in [0, 0.1) is 0 Å². The second-order valence-electron chi connectivity index (χ2n) is 11.3. The van der Waals surface area contributed by atoms with Crippen LogP contribution in [0.15, 0.2) is 69.5 Å². The van der Waals surface area contributed by atoms with E-state index in [0.29, 0.717) is 22.9 Å². The van der Waals surface area contributed by atoms with Crippen molar-refractivity contribution < 1.29 is 8.83 Å². The number of rotatable bonds is 16. The minimum atomic E-state index is 0.615. The van der Waals surface area contributed by atoms with Gasteiger partial charge in [0.1, 0.15) is 11.0 Å². The lowest BCUT2D eigenvalue weighted by Gasteiger charge is -2.24. The molecule has 0 atom stereocenters. The third-order valence-corrected chi connectivity index (χ3v) is 7.98. The SMILES string of the molecule is CCCCN(CCCC)c1ccc(-c2nc3cc4oc(-c5ccc(N(CCCC)CCCC)cc5)nc4cc3o2)cc1. The van der Waals surface area contributed by atoms with E-state index in [2.05, 4.69) is 86.0 Å². The molecule has 0 bridgehead atoms. The van der Waals surface area contributed by atoms with Crippen molar-refractivity contribution in [3.05, 3.63) is 60.7 Å². The van der Waals surface area contributed by atoms with Crippen molar-refractivity contribution in [2.24, 2.45) is 0 Å². The lowest BCUT2D eigenvalue weighted by molar-refractivity contribution is 0.618. The molecule has 6 nitrogen and oxygen atoms in total. The van der Waals surface area contributed by atoms with Crippen LogP contribution in [-0.4, -0.2) is 36.1 Å². The molecule has 0 saturated heterocycles. The predicted octanol–water partition coefficient (Wildman–Crippen LogP) is 10.1. The van der Waals surface area contributed by atoms with Crippen LogP contribution in [0.4, 0.5) is 11.4 Å². The Balaban J connectivity index is 1.33. The number of unbranched alkanes of at least 4 members (excludes halogenated alkanes) is 4. The molecule has 0 radical (unpaired) electrons. The van der Waals surface area contributed by atoms with Gasteiger partial charge in [-0.25, -0.2) is 9.97 Å². The van der Waals surface area contributed by atoms with Crippen LogP contribution in [0.5, 0.6) is 0 Å². The molecule has 0 aliphatic rings. The number of benzene rings is 3. The van der Waals surface area contributed by atoms with Crippen molar-refractivity contribution in [1.82, 2.24) is 9.97 Å². The molecule has 2 aromatic heterocycles. The molecule has 0 spiro atoms. The van der Waals surface area contributed by atoms with E-state index in [-0.39, 0.29) is 0 Å². The Bertz CT molecular complexity index is 1350. The maximum Gasteiger partial charge on any atom is 0.227 e. The molecular weight excluding hydrogens is 520 g/mol. The van der Waals surface area contributed by atoms with E-state index < -0.39 is 0 Å². The second-order valence-corrected chi connectivity index (χ2v) is 11.3. The van der Waals surface area contributed by atoms with E-state index in [1.54, 1.807) is 0 Å². The summed E-state index contributed by atoms with van der Waals surface area (Å²) in [5.41, 5.74) is 7.43. The highest BCUT2D eigenvalue weighted by Gasteiger charge is 2.15. The predicted molar refractivity (Wildman–Crippen MR) is 177 cm³/mol. The van der Waals surface area contributed by atoms with Gasteiger partial charge in [-0.2, -0.15) is 0 Å². The Morgan fingerprint density at radius 1 is 0.500 bits per heavy atom. The first-order chi connectivity index (χ1) is 20.6. The molecule has 0 aliphatic heterocycles. The fraction of sp³-hybridized carbons (Fsp3) is 0.444. The van der Waals surface area contributed by atoms with E-state index in [9.17, 15) is 0 Å². The van der Waals surface area contributed by atoms with Crippen molar-refractivity contribution in [3.8, 4) is 22.9 Å². The quantitative estimate of drug-likeness (QED) is 0.118. The Kier molecular flexibility index (Phi) is 10.2. The van der Waals surface area contributed by atoms with Crippen LogP contribution >= 0.6 is 0 Å². The van der Waals surface area contributed by atoms with Gasteiger partial charge in [-0.1, -0.05) is 53.4 Å². The van der Waals surface area contributed by atoms with Crippen LogP contribution in [0.2, 0.25) is 0 Å². The van der Waals surface area contributed by atoms with Crippen LogP contribution in [-0.2, 0) is 0 Å². The normalized spacial score (nSPS) is 11.5. The highest BCUT2D eigenvalue weighted by atomic mass is 16.4. The molecule has 5 rings (SSSR count). The maximum absolute atomic E-state index is 6.20. The summed E-state index contributed by atoms with van der Waals surface area (Å²) in [5, 5.41) is 0. The smallest absolute Gasteiger partial charge is 0.227 e. The molecule has 0 N–H and O–H groups in total. The molecule has 2 heterocycles. The van der Waals surface area contributed by atoms with Gasteiger partial charge in [0.25, 0.3) is 0 Å². The number of hydrogen-bond donors (Lipinski definition) is 0. The first-order valence-corrected chi connectivity index (χ1v) is 16.0. The Labute approximate surface area is 250 Å². The van der Waals surface area contributed by atoms with Gasteiger partial charge in [0, 0.05) is 60.8 Å². The zero-order valence-corrected chi connectivity index (χ0v) is 25.9. The number of fused-ring (bicyclic) bond motifs is 2. The number of aromatic nitrogens is 2. The molecule has 3 aromatic carbocycles. The molecule has 42 heavy (non-hydrogen) atoms. The summed E-state index contributed by atoms with van der Waals surface area (Å²) in [6.45, 7) is 13.3. The molecular formula is C36H46N4O2. The van der Waals surface area contributed by atoms with E-state index in [4.69, 9.17) is 18.8 Å². The fourth-order valence-corrected chi connectivity index (χ4v) is 5.36. The third-order valence-electron chi connectivity index (χ3n) is 7.98. The fourth-order valence-electron chi connectivity index (χ4n) is 5.36. The van der Waals surface area contributed by atoms with E-state index in [1.807, 2.05) is 12.1 Å². The minimum Gasteiger partial charge on any atom is -0.436 e. The van der Waals surface area contributed by atoms with Crippen molar-refractivity contribution in [2.45, 2.75) is 79.1 Å². The number of oxazole rings is 2. The molecule has 0 saturated carbocycles. The average molecular weight is 567 g/mol. The molecule has 0 unspecified atom stereocenters. The molecule has 222 valence electrons. The lowest BCUT2D eigenvalue weighted by Crippen LogP contribution is -2.25. The summed E-state index contributed by atoms with van der Waals surface area (Å²) < 4.78 is 12.4. The van der Waals surface area contributed by atoms with Crippen LogP contribution in [0.1, 0.15) is 79.1 Å². The topological polar surface area (TPSA) is 58.5 Å². The first kappa shape index (κ1) is 29.7. The third kappa shape index (κ3) is 6.97. The highest BCUT2D eigenvalue weighted by molar-refractivity contribution is 5.91. The van der Waals surface area contributed by atoms with Gasteiger partial charge in [-0.05, 0) is 74.2 Å². The summed E-state index contributed by atoms with van der Waals surface area (Å²) in [6, 6.07) is 21.1. The van der Waals surface area contributed by atoms with Gasteiger partial charge in [-0.3, -0.25) is 0 Å². The largest absolute Gasteiger partial charge is 0.436 e. The minimum absolute atomic E-state index is 0.615. The number of hydrogen-bond acceptors (Lipinski definition) is 6. The Hall–Kier alpha value is -3.80. The number of anilines is 2. The van der Waals surface area contributed by atoms with Gasteiger partial charge in [0.05, 0.1) is 0 Å². The molecule has 6 heteroatoms. The maximum atomic E-state index is 6.20. The molecule has 0 aliphatic carbocycles. The van der Waals surface area contributed by atoms with Crippen molar-refractivity contribution >= 4 is 33.6 Å². The molecule has 0 amide bonds. The standard InChI is InChI=1S/C36H46N4O2/c1-5-9-21-39(22-10-6-2)29-17-13-27(14-18-29)35-37-31-25-34-32(26-33(31)41-35)38-36(42-34)28-15-19-30(20-16-28)40(23-11-7-3)24-12-8-4/h13-20,25-26H,5-12,21-24H2,1-4H3. The summed E-state index contributed by atoms with van der Waals surface area (Å²) >= 11 is 0. The van der Waals surface area contributed by atoms with Gasteiger partial charge in [0.15, 0.2) is 11.2 Å². The first-order valence-electron chi connectivity index (χ1n) is 16.0. The van der Waals surface area contributed by atoms with E-state index in [1.165, 1.54) is 62.7 Å². The van der Waals surface area contributed by atoms with Crippen molar-refractivity contribution in [3.63, 3.8) is 0 Å². The van der Waals surface area contributed by atoms with Crippen molar-refractivity contribution in [2.75, 3.05) is 36.0 Å². The highest BCUT2D eigenvalue weighted by Crippen LogP contribution is 2.32. The van der Waals surface area contributed by atoms with Gasteiger partial charge < -0.3 is 18.6 Å². The Morgan fingerprint density at radius 2 is 0.833 bits per heavy atom. The van der Waals surface area contributed by atoms with Gasteiger partial charge >= 0.3 is 0 Å². The molecule has 0 fully saturated rings. The van der Waals surface area contributed by atoms with E-state index >= 15 is 0 Å². The average Bonchev–Trinajstić information content (AvgIpc) is 3.63. The van der Waals surface area contributed by atoms with Gasteiger partial charge in [0.2, 0.25) is 11.8 Å². The summed E-state index contributed by atoms with van der Waals surface area (Å²) in [5.74, 6) is 1.23. The Morgan fingerprint density at radius 3 is 1.14 bits per heavy atom.